The van der Waals surface area contributed by atoms with Crippen molar-refractivity contribution in [2.24, 2.45) is 5.92 Å². The standard InChI is InChI=1S/C17H20N2O4S/c1-12(13-4-5-13)19-17(20)14-6-8-16(9-7-14)24(21,22)18-11-15-3-2-10-23-15/h2-3,6-10,12-13,18H,4-5,11H2,1H3,(H,19,20)/t12-/m1/s1. The van der Waals surface area contributed by atoms with Crippen molar-refractivity contribution < 1.29 is 17.6 Å². The van der Waals surface area contributed by atoms with Crippen molar-refractivity contribution in [2.45, 2.75) is 37.2 Å². The summed E-state index contributed by atoms with van der Waals surface area (Å²) in [5.41, 5.74) is 0.451. The maximum Gasteiger partial charge on any atom is 0.251 e. The largest absolute Gasteiger partial charge is 0.468 e. The number of hydrogen-bond donors (Lipinski definition) is 2. The van der Waals surface area contributed by atoms with Crippen LogP contribution in [0, 0.1) is 5.92 Å². The molecule has 2 N–H and O–H groups in total. The van der Waals surface area contributed by atoms with Crippen LogP contribution in [-0.2, 0) is 16.6 Å². The third-order valence-corrected chi connectivity index (χ3v) is 5.55. The highest BCUT2D eigenvalue weighted by Gasteiger charge is 2.29. The van der Waals surface area contributed by atoms with Crippen molar-refractivity contribution >= 4 is 15.9 Å². The second kappa shape index (κ2) is 6.78. The summed E-state index contributed by atoms with van der Waals surface area (Å²) in [6.45, 7) is 2.07. The number of rotatable bonds is 7. The summed E-state index contributed by atoms with van der Waals surface area (Å²) in [4.78, 5) is 12.3. The molecule has 0 bridgehead atoms. The normalized spacial score (nSPS) is 15.9. The smallest absolute Gasteiger partial charge is 0.251 e. The predicted octanol–water partition coefficient (Wildman–Crippen LogP) is 2.29. The van der Waals surface area contributed by atoms with E-state index in [9.17, 15) is 13.2 Å². The summed E-state index contributed by atoms with van der Waals surface area (Å²) in [5, 5.41) is 2.94. The number of amides is 1. The van der Waals surface area contributed by atoms with Gasteiger partial charge in [0, 0.05) is 11.6 Å². The molecule has 1 saturated carbocycles. The zero-order chi connectivity index (χ0) is 17.2. The Labute approximate surface area is 141 Å². The van der Waals surface area contributed by atoms with Crippen LogP contribution >= 0.6 is 0 Å². The van der Waals surface area contributed by atoms with Crippen molar-refractivity contribution in [3.05, 3.63) is 54.0 Å². The van der Waals surface area contributed by atoms with E-state index < -0.39 is 10.0 Å². The van der Waals surface area contributed by atoms with E-state index in [2.05, 4.69) is 10.0 Å². The minimum atomic E-state index is -3.65. The fourth-order valence-corrected chi connectivity index (χ4v) is 3.45. The van der Waals surface area contributed by atoms with Gasteiger partial charge < -0.3 is 9.73 Å². The number of hydrogen-bond acceptors (Lipinski definition) is 4. The lowest BCUT2D eigenvalue weighted by Crippen LogP contribution is -2.34. The highest BCUT2D eigenvalue weighted by Crippen LogP contribution is 2.32. The molecule has 1 aliphatic rings. The lowest BCUT2D eigenvalue weighted by atomic mass is 10.1. The average molecular weight is 348 g/mol. The van der Waals surface area contributed by atoms with E-state index in [0.29, 0.717) is 17.2 Å². The summed E-state index contributed by atoms with van der Waals surface area (Å²) in [5.74, 6) is 0.921. The molecule has 6 nitrogen and oxygen atoms in total. The minimum Gasteiger partial charge on any atom is -0.468 e. The van der Waals surface area contributed by atoms with Crippen molar-refractivity contribution in [2.75, 3.05) is 0 Å². The maximum absolute atomic E-state index is 12.2. The molecule has 7 heteroatoms. The first kappa shape index (κ1) is 16.7. The van der Waals surface area contributed by atoms with E-state index in [4.69, 9.17) is 4.42 Å². The van der Waals surface area contributed by atoms with Gasteiger partial charge >= 0.3 is 0 Å². The quantitative estimate of drug-likeness (QED) is 0.803. The summed E-state index contributed by atoms with van der Waals surface area (Å²) in [6.07, 6.45) is 3.79. The van der Waals surface area contributed by atoms with Gasteiger partial charge in [0.15, 0.2) is 0 Å². The molecule has 3 rings (SSSR count). The predicted molar refractivity (Wildman–Crippen MR) is 88.8 cm³/mol. The van der Waals surface area contributed by atoms with Crippen molar-refractivity contribution in [3.63, 3.8) is 0 Å². The Morgan fingerprint density at radius 2 is 1.96 bits per heavy atom. The highest BCUT2D eigenvalue weighted by atomic mass is 32.2. The molecule has 128 valence electrons. The molecule has 0 spiro atoms. The van der Waals surface area contributed by atoms with E-state index in [1.54, 1.807) is 12.1 Å². The third-order valence-electron chi connectivity index (χ3n) is 4.13. The summed E-state index contributed by atoms with van der Waals surface area (Å²) >= 11 is 0. The lowest BCUT2D eigenvalue weighted by Gasteiger charge is -2.13. The number of carbonyl (C=O) groups is 1. The molecule has 1 aromatic heterocycles. The van der Waals surface area contributed by atoms with Crippen molar-refractivity contribution in [3.8, 4) is 0 Å². The Morgan fingerprint density at radius 1 is 1.25 bits per heavy atom. The maximum atomic E-state index is 12.2. The molecule has 0 saturated heterocycles. The number of carbonyl (C=O) groups excluding carboxylic acids is 1. The van der Waals surface area contributed by atoms with Crippen LogP contribution in [0.15, 0.2) is 52.0 Å². The third kappa shape index (κ3) is 4.04. The Bertz CT molecular complexity index is 794. The Balaban J connectivity index is 1.63. The first-order valence-corrected chi connectivity index (χ1v) is 9.37. The van der Waals surface area contributed by atoms with Crippen LogP contribution in [0.5, 0.6) is 0 Å². The molecule has 1 amide bonds. The highest BCUT2D eigenvalue weighted by molar-refractivity contribution is 7.89. The van der Waals surface area contributed by atoms with Crippen LogP contribution in [0.2, 0.25) is 0 Å². The van der Waals surface area contributed by atoms with E-state index in [0.717, 1.165) is 12.8 Å². The minimum absolute atomic E-state index is 0.0798. The molecule has 0 aliphatic heterocycles. The van der Waals surface area contributed by atoms with Crippen LogP contribution in [0.1, 0.15) is 35.9 Å². The fourth-order valence-electron chi connectivity index (χ4n) is 2.45. The van der Waals surface area contributed by atoms with Crippen molar-refractivity contribution in [1.82, 2.24) is 10.0 Å². The molecule has 1 fully saturated rings. The SMILES string of the molecule is C[C@@H](NC(=O)c1ccc(S(=O)(=O)NCc2ccco2)cc1)C1CC1. The fraction of sp³-hybridized carbons (Fsp3) is 0.353. The van der Waals surface area contributed by atoms with Crippen LogP contribution in [0.25, 0.3) is 0 Å². The van der Waals surface area contributed by atoms with Gasteiger partial charge in [-0.15, -0.1) is 0 Å². The summed E-state index contributed by atoms with van der Waals surface area (Å²) in [7, 11) is -3.65. The van der Waals surface area contributed by atoms with Crippen LogP contribution < -0.4 is 10.0 Å². The zero-order valence-electron chi connectivity index (χ0n) is 13.4. The Hall–Kier alpha value is -2.12. The lowest BCUT2D eigenvalue weighted by molar-refractivity contribution is 0.0935. The first-order chi connectivity index (χ1) is 11.5. The van der Waals surface area contributed by atoms with Gasteiger partial charge in [-0.25, -0.2) is 13.1 Å². The second-order valence-corrected chi connectivity index (χ2v) is 7.79. The van der Waals surface area contributed by atoms with Gasteiger partial charge in [-0.3, -0.25) is 4.79 Å². The molecule has 1 heterocycles. The van der Waals surface area contributed by atoms with Gasteiger partial charge in [0.05, 0.1) is 17.7 Å². The molecule has 1 atom stereocenters. The van der Waals surface area contributed by atoms with Gasteiger partial charge in [-0.05, 0) is 62.1 Å². The topological polar surface area (TPSA) is 88.4 Å². The number of nitrogens with one attached hydrogen (secondary N) is 2. The molecule has 1 aliphatic carbocycles. The first-order valence-electron chi connectivity index (χ1n) is 7.89. The number of sulfonamides is 1. The van der Waals surface area contributed by atoms with Crippen molar-refractivity contribution in [1.29, 1.82) is 0 Å². The molecule has 2 aromatic rings. The van der Waals surface area contributed by atoms with E-state index in [1.807, 2.05) is 6.92 Å². The van der Waals surface area contributed by atoms with E-state index in [-0.39, 0.29) is 23.4 Å². The monoisotopic (exact) mass is 348 g/mol. The van der Waals surface area contributed by atoms with Crippen LogP contribution in [0.3, 0.4) is 0 Å². The molecule has 0 radical (unpaired) electrons. The van der Waals surface area contributed by atoms with Gasteiger partial charge in [0.2, 0.25) is 10.0 Å². The summed E-state index contributed by atoms with van der Waals surface area (Å²) < 4.78 is 32.0. The molecule has 24 heavy (non-hydrogen) atoms. The van der Waals surface area contributed by atoms with E-state index in [1.165, 1.54) is 30.5 Å². The van der Waals surface area contributed by atoms with Gasteiger partial charge in [0.25, 0.3) is 5.91 Å². The average Bonchev–Trinajstić information content (AvgIpc) is 3.30. The van der Waals surface area contributed by atoms with Crippen LogP contribution in [-0.4, -0.2) is 20.4 Å². The summed E-state index contributed by atoms with van der Waals surface area (Å²) in [6, 6.07) is 9.45. The second-order valence-electron chi connectivity index (χ2n) is 6.03. The number of benzene rings is 1. The van der Waals surface area contributed by atoms with Gasteiger partial charge in [-0.1, -0.05) is 0 Å². The van der Waals surface area contributed by atoms with Crippen LogP contribution in [0.4, 0.5) is 0 Å². The van der Waals surface area contributed by atoms with Gasteiger partial charge in [-0.2, -0.15) is 0 Å². The van der Waals surface area contributed by atoms with E-state index >= 15 is 0 Å². The molecular weight excluding hydrogens is 328 g/mol. The zero-order valence-corrected chi connectivity index (χ0v) is 14.2. The molecular formula is C17H20N2O4S. The Kier molecular flexibility index (Phi) is 4.73. The Morgan fingerprint density at radius 3 is 2.54 bits per heavy atom. The molecule has 0 unspecified atom stereocenters. The number of furan rings is 1. The molecule has 1 aromatic carbocycles. The van der Waals surface area contributed by atoms with Gasteiger partial charge in [0.1, 0.15) is 5.76 Å².